The number of hydrogen-bond donors (Lipinski definition) is 2. The molecule has 0 aliphatic carbocycles. The molecule has 4 atom stereocenters. The smallest absolute Gasteiger partial charge is 0.372 e. The third kappa shape index (κ3) is 5.89. The first-order valence-corrected chi connectivity index (χ1v) is 12.6. The van der Waals surface area contributed by atoms with Crippen LogP contribution in [0.25, 0.3) is 10.9 Å². The van der Waals surface area contributed by atoms with Gasteiger partial charge in [0, 0.05) is 29.7 Å². The number of carbonyl (C=O) groups excluding carboxylic acids is 1. The van der Waals surface area contributed by atoms with Crippen molar-refractivity contribution in [3.05, 3.63) is 77.0 Å². The van der Waals surface area contributed by atoms with Gasteiger partial charge in [-0.1, -0.05) is 18.2 Å². The van der Waals surface area contributed by atoms with Crippen LogP contribution in [0.2, 0.25) is 0 Å². The first-order valence-electron chi connectivity index (χ1n) is 12.6. The average Bonchev–Trinajstić information content (AvgIpc) is 3.16. The summed E-state index contributed by atoms with van der Waals surface area (Å²) in [6.45, 7) is 1.77. The van der Waals surface area contributed by atoms with Crippen LogP contribution in [0.5, 0.6) is 0 Å². The molecule has 5 rings (SSSR count). The highest BCUT2D eigenvalue weighted by Crippen LogP contribution is 2.42. The van der Waals surface area contributed by atoms with E-state index in [0.29, 0.717) is 37.9 Å². The van der Waals surface area contributed by atoms with Gasteiger partial charge in [0.1, 0.15) is 0 Å². The SMILES string of the molecule is CC12CC(C(=O)NCc3cnc4ccccc4c3)C(CCC1OCc1cc(C(F)(F)F)cc(C(F)(F)F)c1)N2. The van der Waals surface area contributed by atoms with E-state index >= 15 is 0 Å². The summed E-state index contributed by atoms with van der Waals surface area (Å²) in [6.07, 6.45) is -7.06. The van der Waals surface area contributed by atoms with Gasteiger partial charge < -0.3 is 15.4 Å². The van der Waals surface area contributed by atoms with Crippen LogP contribution in [-0.4, -0.2) is 28.6 Å². The van der Waals surface area contributed by atoms with Crippen molar-refractivity contribution >= 4 is 16.8 Å². The van der Waals surface area contributed by atoms with Crippen molar-refractivity contribution < 1.29 is 35.9 Å². The first kappa shape index (κ1) is 27.4. The first-order chi connectivity index (χ1) is 18.3. The number of nitrogens with zero attached hydrogens (tertiary/aromatic N) is 1. The highest BCUT2D eigenvalue weighted by Gasteiger charge is 2.52. The van der Waals surface area contributed by atoms with Crippen LogP contribution in [0.3, 0.4) is 0 Å². The molecular formula is C28H27F6N3O2. The number of amides is 1. The molecule has 0 radical (unpaired) electrons. The Hall–Kier alpha value is -3.18. The molecule has 0 saturated carbocycles. The molecule has 3 heterocycles. The molecule has 5 nitrogen and oxygen atoms in total. The van der Waals surface area contributed by atoms with E-state index < -0.39 is 41.7 Å². The highest BCUT2D eigenvalue weighted by molar-refractivity contribution is 5.81. The van der Waals surface area contributed by atoms with E-state index in [0.717, 1.165) is 16.5 Å². The molecule has 1 amide bonds. The van der Waals surface area contributed by atoms with Crippen molar-refractivity contribution in [1.29, 1.82) is 0 Å². The number of halogens is 6. The topological polar surface area (TPSA) is 63.2 Å². The maximum Gasteiger partial charge on any atom is 0.416 e. The molecule has 39 heavy (non-hydrogen) atoms. The van der Waals surface area contributed by atoms with Crippen molar-refractivity contribution in [2.24, 2.45) is 5.92 Å². The van der Waals surface area contributed by atoms with Gasteiger partial charge >= 0.3 is 12.4 Å². The van der Waals surface area contributed by atoms with Gasteiger partial charge in [0.05, 0.1) is 35.3 Å². The molecule has 3 aromatic rings. The van der Waals surface area contributed by atoms with E-state index in [4.69, 9.17) is 4.74 Å². The quantitative estimate of drug-likeness (QED) is 0.369. The number of hydrogen-bond acceptors (Lipinski definition) is 4. The summed E-state index contributed by atoms with van der Waals surface area (Å²) >= 11 is 0. The number of ether oxygens (including phenoxy) is 1. The number of carbonyl (C=O) groups is 1. The number of benzene rings is 2. The number of nitrogens with one attached hydrogen (secondary N) is 2. The van der Waals surface area contributed by atoms with Crippen molar-refractivity contribution in [2.75, 3.05) is 0 Å². The van der Waals surface area contributed by atoms with E-state index in [-0.39, 0.29) is 29.5 Å². The molecule has 11 heteroatoms. The lowest BCUT2D eigenvalue weighted by molar-refractivity contribution is -0.143. The minimum atomic E-state index is -4.92. The normalized spacial score (nSPS) is 25.2. The minimum absolute atomic E-state index is 0.102. The Morgan fingerprint density at radius 1 is 1.03 bits per heavy atom. The van der Waals surface area contributed by atoms with E-state index in [1.54, 1.807) is 6.20 Å². The Morgan fingerprint density at radius 2 is 1.72 bits per heavy atom. The number of pyridine rings is 1. The third-order valence-corrected chi connectivity index (χ3v) is 7.64. The van der Waals surface area contributed by atoms with E-state index in [2.05, 4.69) is 15.6 Å². The summed E-state index contributed by atoms with van der Waals surface area (Å²) in [6, 6.07) is 11.0. The number of aromatic nitrogens is 1. The molecular weight excluding hydrogens is 524 g/mol. The van der Waals surface area contributed by atoms with Crippen molar-refractivity contribution in [1.82, 2.24) is 15.6 Å². The summed E-state index contributed by atoms with van der Waals surface area (Å²) in [5, 5.41) is 7.37. The molecule has 2 aromatic carbocycles. The van der Waals surface area contributed by atoms with Crippen LogP contribution in [-0.2, 0) is 35.0 Å². The largest absolute Gasteiger partial charge is 0.416 e. The van der Waals surface area contributed by atoms with Gasteiger partial charge in [-0.2, -0.15) is 26.3 Å². The van der Waals surface area contributed by atoms with Crippen LogP contribution in [0.15, 0.2) is 54.7 Å². The van der Waals surface area contributed by atoms with E-state index in [9.17, 15) is 31.1 Å². The average molecular weight is 552 g/mol. The Labute approximate surface area is 220 Å². The molecule has 2 aliphatic rings. The molecule has 1 aromatic heterocycles. The minimum Gasteiger partial charge on any atom is -0.372 e. The van der Waals surface area contributed by atoms with Gasteiger partial charge in [-0.3, -0.25) is 9.78 Å². The van der Waals surface area contributed by atoms with Crippen molar-refractivity contribution in [3.8, 4) is 0 Å². The molecule has 4 unspecified atom stereocenters. The third-order valence-electron chi connectivity index (χ3n) is 7.64. The highest BCUT2D eigenvalue weighted by atomic mass is 19.4. The number of fused-ring (bicyclic) bond motifs is 3. The molecule has 2 saturated heterocycles. The van der Waals surface area contributed by atoms with Gasteiger partial charge in [-0.15, -0.1) is 0 Å². The lowest BCUT2D eigenvalue weighted by Gasteiger charge is -2.39. The summed E-state index contributed by atoms with van der Waals surface area (Å²) in [4.78, 5) is 17.5. The zero-order chi connectivity index (χ0) is 28.0. The van der Waals surface area contributed by atoms with Crippen molar-refractivity contribution in [2.45, 2.75) is 69.4 Å². The molecule has 208 valence electrons. The second-order valence-corrected chi connectivity index (χ2v) is 10.5. The zero-order valence-electron chi connectivity index (χ0n) is 21.0. The van der Waals surface area contributed by atoms with E-state index in [1.807, 2.05) is 37.3 Å². The van der Waals surface area contributed by atoms with Crippen LogP contribution in [0.4, 0.5) is 26.3 Å². The monoisotopic (exact) mass is 551 g/mol. The fourth-order valence-electron chi connectivity index (χ4n) is 5.71. The van der Waals surface area contributed by atoms with Crippen molar-refractivity contribution in [3.63, 3.8) is 0 Å². The van der Waals surface area contributed by atoms with Gasteiger partial charge in [-0.05, 0) is 67.6 Å². The van der Waals surface area contributed by atoms with Crippen LogP contribution in [0, 0.1) is 5.92 Å². The zero-order valence-corrected chi connectivity index (χ0v) is 21.0. The van der Waals surface area contributed by atoms with Crippen LogP contribution < -0.4 is 10.6 Å². The van der Waals surface area contributed by atoms with Gasteiger partial charge in [0.15, 0.2) is 0 Å². The standard InChI is InChI=1S/C28H27F6N3O2/c1-26-12-21(25(38)36-14-17-8-18-4-2-3-5-22(18)35-13-17)23(37-26)6-7-24(26)39-15-16-9-19(27(29,30)31)11-20(10-16)28(32,33)34/h2-5,8-11,13,21,23-24,37H,6-7,12,14-15H2,1H3,(H,36,38). The summed E-state index contributed by atoms with van der Waals surface area (Å²) in [5.41, 5.74) is -1.88. The Bertz CT molecular complexity index is 1340. The number of alkyl halides is 6. The fourth-order valence-corrected chi connectivity index (χ4v) is 5.71. The van der Waals surface area contributed by atoms with Gasteiger partial charge in [0.2, 0.25) is 5.91 Å². The Kier molecular flexibility index (Phi) is 7.09. The molecule has 2 bridgehead atoms. The number of para-hydroxylation sites is 1. The fraction of sp³-hybridized carbons (Fsp3) is 0.429. The number of piperidine rings is 1. The Balaban J connectivity index is 1.23. The van der Waals surface area contributed by atoms with E-state index in [1.165, 1.54) is 0 Å². The number of rotatable bonds is 6. The molecule has 2 aliphatic heterocycles. The lowest BCUT2D eigenvalue weighted by Crippen LogP contribution is -2.55. The molecule has 2 fully saturated rings. The van der Waals surface area contributed by atoms with Crippen LogP contribution in [0.1, 0.15) is 48.4 Å². The summed E-state index contributed by atoms with van der Waals surface area (Å²) in [5.74, 6) is -0.472. The lowest BCUT2D eigenvalue weighted by atomic mass is 9.88. The summed E-state index contributed by atoms with van der Waals surface area (Å²) in [7, 11) is 0. The van der Waals surface area contributed by atoms with Crippen LogP contribution >= 0.6 is 0 Å². The molecule has 0 spiro atoms. The second kappa shape index (κ2) is 10.1. The maximum atomic E-state index is 13.2. The summed E-state index contributed by atoms with van der Waals surface area (Å²) < 4.78 is 85.2. The second-order valence-electron chi connectivity index (χ2n) is 10.5. The van der Waals surface area contributed by atoms with Gasteiger partial charge in [-0.25, -0.2) is 0 Å². The maximum absolute atomic E-state index is 13.2. The molecule has 2 N–H and O–H groups in total. The van der Waals surface area contributed by atoms with Gasteiger partial charge in [0.25, 0.3) is 0 Å². The predicted octanol–water partition coefficient (Wildman–Crippen LogP) is 6.00. The predicted molar refractivity (Wildman–Crippen MR) is 131 cm³/mol. The Morgan fingerprint density at radius 3 is 2.41 bits per heavy atom.